The first kappa shape index (κ1) is 10.7. The molecular formula is C13H15N3S. The van der Waals surface area contributed by atoms with Gasteiger partial charge in [-0.1, -0.05) is 0 Å². The Labute approximate surface area is 105 Å². The highest BCUT2D eigenvalue weighted by atomic mass is 32.1. The van der Waals surface area contributed by atoms with Crippen LogP contribution in [0.15, 0.2) is 22.9 Å². The lowest BCUT2D eigenvalue weighted by molar-refractivity contribution is 0.928. The van der Waals surface area contributed by atoms with Crippen molar-refractivity contribution in [1.29, 1.82) is 0 Å². The molecule has 17 heavy (non-hydrogen) atoms. The predicted molar refractivity (Wildman–Crippen MR) is 71.5 cm³/mol. The Morgan fingerprint density at radius 3 is 2.94 bits per heavy atom. The lowest BCUT2D eigenvalue weighted by atomic mass is 10.2. The third-order valence-corrected chi connectivity index (χ3v) is 3.54. The molecule has 0 bridgehead atoms. The van der Waals surface area contributed by atoms with Gasteiger partial charge in [-0.15, -0.1) is 0 Å². The summed E-state index contributed by atoms with van der Waals surface area (Å²) in [4.78, 5) is 9.25. The molecule has 1 N–H and O–H groups in total. The highest BCUT2D eigenvalue weighted by Crippen LogP contribution is 2.39. The van der Waals surface area contributed by atoms with Crippen molar-refractivity contribution in [3.8, 4) is 11.3 Å². The second-order valence-electron chi connectivity index (χ2n) is 4.31. The number of hydrogen-bond donors (Lipinski definition) is 1. The van der Waals surface area contributed by atoms with E-state index in [1.165, 1.54) is 18.4 Å². The van der Waals surface area contributed by atoms with Crippen molar-refractivity contribution in [2.45, 2.75) is 25.7 Å². The first-order chi connectivity index (χ1) is 8.36. The van der Waals surface area contributed by atoms with Crippen LogP contribution in [0.1, 0.15) is 31.5 Å². The average molecular weight is 245 g/mol. The summed E-state index contributed by atoms with van der Waals surface area (Å²) < 4.78 is 0. The zero-order valence-electron chi connectivity index (χ0n) is 9.81. The second-order valence-corrected chi connectivity index (χ2v) is 5.09. The first-order valence-electron chi connectivity index (χ1n) is 6.02. The highest BCUT2D eigenvalue weighted by Gasteiger charge is 2.27. The number of thiophene rings is 1. The molecule has 1 saturated carbocycles. The number of nitrogens with one attached hydrogen (secondary N) is 1. The van der Waals surface area contributed by atoms with Gasteiger partial charge in [-0.2, -0.15) is 11.3 Å². The van der Waals surface area contributed by atoms with Gasteiger partial charge in [0, 0.05) is 29.5 Å². The van der Waals surface area contributed by atoms with Crippen LogP contribution in [0.3, 0.4) is 0 Å². The lowest BCUT2D eigenvalue weighted by Gasteiger charge is -2.07. The van der Waals surface area contributed by atoms with E-state index < -0.39 is 0 Å². The monoisotopic (exact) mass is 245 g/mol. The average Bonchev–Trinajstić information content (AvgIpc) is 3.05. The fourth-order valence-corrected chi connectivity index (χ4v) is 2.47. The van der Waals surface area contributed by atoms with Crippen molar-refractivity contribution in [3.05, 3.63) is 28.7 Å². The van der Waals surface area contributed by atoms with Crippen molar-refractivity contribution in [2.24, 2.45) is 0 Å². The van der Waals surface area contributed by atoms with E-state index in [0.29, 0.717) is 5.92 Å². The van der Waals surface area contributed by atoms with Crippen LogP contribution in [0.25, 0.3) is 11.3 Å². The standard InChI is InChI=1S/C13H15N3S/c1-2-14-12-7-11(10-5-6-17-8-10)15-13(16-12)9-3-4-9/h5-9H,2-4H2,1H3,(H,14,15,16). The van der Waals surface area contributed by atoms with Gasteiger partial charge in [0.05, 0.1) is 5.69 Å². The van der Waals surface area contributed by atoms with E-state index in [1.54, 1.807) is 11.3 Å². The Bertz CT molecular complexity index is 503. The summed E-state index contributed by atoms with van der Waals surface area (Å²) in [6.07, 6.45) is 2.47. The van der Waals surface area contributed by atoms with Gasteiger partial charge in [0.1, 0.15) is 11.6 Å². The SMILES string of the molecule is CCNc1cc(-c2ccsc2)nc(C2CC2)n1. The summed E-state index contributed by atoms with van der Waals surface area (Å²) in [5.74, 6) is 2.54. The van der Waals surface area contributed by atoms with Gasteiger partial charge in [-0.3, -0.25) is 0 Å². The molecule has 1 aliphatic carbocycles. The number of anilines is 1. The van der Waals surface area contributed by atoms with E-state index in [9.17, 15) is 0 Å². The molecule has 0 aromatic carbocycles. The van der Waals surface area contributed by atoms with Gasteiger partial charge in [0.2, 0.25) is 0 Å². The zero-order chi connectivity index (χ0) is 11.7. The van der Waals surface area contributed by atoms with E-state index in [4.69, 9.17) is 0 Å². The quantitative estimate of drug-likeness (QED) is 0.895. The minimum absolute atomic E-state index is 0.589. The molecule has 3 rings (SSSR count). The summed E-state index contributed by atoms with van der Waals surface area (Å²) in [7, 11) is 0. The summed E-state index contributed by atoms with van der Waals surface area (Å²) in [6, 6.07) is 4.15. The van der Waals surface area contributed by atoms with Crippen molar-refractivity contribution < 1.29 is 0 Å². The van der Waals surface area contributed by atoms with Gasteiger partial charge >= 0.3 is 0 Å². The lowest BCUT2D eigenvalue weighted by Crippen LogP contribution is -2.03. The van der Waals surface area contributed by atoms with Crippen molar-refractivity contribution in [3.63, 3.8) is 0 Å². The maximum atomic E-state index is 4.68. The van der Waals surface area contributed by atoms with Crippen LogP contribution in [0.4, 0.5) is 5.82 Å². The molecular weight excluding hydrogens is 230 g/mol. The van der Waals surface area contributed by atoms with Crippen LogP contribution >= 0.6 is 11.3 Å². The Morgan fingerprint density at radius 1 is 1.41 bits per heavy atom. The first-order valence-corrected chi connectivity index (χ1v) is 6.96. The largest absolute Gasteiger partial charge is 0.370 e. The molecule has 0 amide bonds. The highest BCUT2D eigenvalue weighted by molar-refractivity contribution is 7.08. The molecule has 4 heteroatoms. The van der Waals surface area contributed by atoms with Gasteiger partial charge in [0.25, 0.3) is 0 Å². The molecule has 2 aromatic rings. The number of hydrogen-bond acceptors (Lipinski definition) is 4. The van der Waals surface area contributed by atoms with E-state index >= 15 is 0 Å². The number of rotatable bonds is 4. The van der Waals surface area contributed by atoms with Crippen LogP contribution in [-0.2, 0) is 0 Å². The van der Waals surface area contributed by atoms with Crippen LogP contribution in [0.2, 0.25) is 0 Å². The minimum Gasteiger partial charge on any atom is -0.370 e. The maximum Gasteiger partial charge on any atom is 0.134 e. The van der Waals surface area contributed by atoms with Crippen molar-refractivity contribution in [2.75, 3.05) is 11.9 Å². The normalized spacial score (nSPS) is 14.9. The van der Waals surface area contributed by atoms with E-state index in [2.05, 4.69) is 39.0 Å². The Balaban J connectivity index is 2.01. The Kier molecular flexibility index (Phi) is 2.81. The molecule has 0 aliphatic heterocycles. The molecule has 3 nitrogen and oxygen atoms in total. The van der Waals surface area contributed by atoms with Crippen LogP contribution in [0.5, 0.6) is 0 Å². The smallest absolute Gasteiger partial charge is 0.134 e. The maximum absolute atomic E-state index is 4.68. The number of aromatic nitrogens is 2. The van der Waals surface area contributed by atoms with Gasteiger partial charge in [0.15, 0.2) is 0 Å². The molecule has 0 spiro atoms. The summed E-state index contributed by atoms with van der Waals surface area (Å²) in [6.45, 7) is 2.98. The predicted octanol–water partition coefficient (Wildman–Crippen LogP) is 3.51. The second kappa shape index (κ2) is 4.45. The molecule has 0 radical (unpaired) electrons. The summed E-state index contributed by atoms with van der Waals surface area (Å²) in [5, 5.41) is 7.50. The number of nitrogens with zero attached hydrogens (tertiary/aromatic N) is 2. The van der Waals surface area contributed by atoms with Crippen LogP contribution in [-0.4, -0.2) is 16.5 Å². The summed E-state index contributed by atoms with van der Waals surface area (Å²) >= 11 is 1.70. The van der Waals surface area contributed by atoms with Gasteiger partial charge < -0.3 is 5.32 Å². The van der Waals surface area contributed by atoms with Crippen LogP contribution in [0, 0.1) is 0 Å². The molecule has 0 saturated heterocycles. The molecule has 88 valence electrons. The molecule has 1 aliphatic rings. The molecule has 2 heterocycles. The van der Waals surface area contributed by atoms with Crippen LogP contribution < -0.4 is 5.32 Å². The minimum atomic E-state index is 0.589. The fourth-order valence-electron chi connectivity index (χ4n) is 1.82. The molecule has 1 fully saturated rings. The molecule has 2 aromatic heterocycles. The Morgan fingerprint density at radius 2 is 2.29 bits per heavy atom. The van der Waals surface area contributed by atoms with Gasteiger partial charge in [-0.25, -0.2) is 9.97 Å². The van der Waals surface area contributed by atoms with Crippen molar-refractivity contribution in [1.82, 2.24) is 9.97 Å². The third kappa shape index (κ3) is 2.31. The summed E-state index contributed by atoms with van der Waals surface area (Å²) in [5.41, 5.74) is 2.23. The molecule has 0 unspecified atom stereocenters. The van der Waals surface area contributed by atoms with E-state index in [-0.39, 0.29) is 0 Å². The van der Waals surface area contributed by atoms with E-state index in [0.717, 1.165) is 23.9 Å². The van der Waals surface area contributed by atoms with Crippen molar-refractivity contribution >= 4 is 17.2 Å². The fraction of sp³-hybridized carbons (Fsp3) is 0.385. The Hall–Kier alpha value is -1.42. The van der Waals surface area contributed by atoms with Gasteiger partial charge in [-0.05, 0) is 31.2 Å². The topological polar surface area (TPSA) is 37.8 Å². The zero-order valence-corrected chi connectivity index (χ0v) is 10.6. The molecule has 0 atom stereocenters. The van der Waals surface area contributed by atoms with E-state index in [1.807, 2.05) is 6.07 Å². The third-order valence-electron chi connectivity index (χ3n) is 2.86.